The fourth-order valence-corrected chi connectivity index (χ4v) is 4.13. The van der Waals surface area contributed by atoms with Gasteiger partial charge in [0, 0.05) is 10.0 Å². The highest BCUT2D eigenvalue weighted by molar-refractivity contribution is 7.89. The van der Waals surface area contributed by atoms with Crippen molar-refractivity contribution in [1.82, 2.24) is 4.31 Å². The first kappa shape index (κ1) is 23.0. The van der Waals surface area contributed by atoms with E-state index in [9.17, 15) is 18.0 Å². The van der Waals surface area contributed by atoms with E-state index in [-0.39, 0.29) is 27.3 Å². The number of sulfonamides is 1. The lowest BCUT2D eigenvalue weighted by Crippen LogP contribution is -2.43. The van der Waals surface area contributed by atoms with Crippen molar-refractivity contribution in [3.8, 4) is 5.75 Å². The molecule has 0 radical (unpaired) electrons. The smallest absolute Gasteiger partial charge is 0.326 e. The molecule has 7 nitrogen and oxygen atoms in total. The Morgan fingerprint density at radius 2 is 1.62 bits per heavy atom. The third kappa shape index (κ3) is 6.35. The van der Waals surface area contributed by atoms with Gasteiger partial charge in [0.05, 0.1) is 11.5 Å². The first-order valence-corrected chi connectivity index (χ1v) is 10.7. The Balaban J connectivity index is 2.27. The highest BCUT2D eigenvalue weighted by Gasteiger charge is 2.32. The minimum Gasteiger partial charge on any atom is -0.484 e. The molecule has 2 rings (SSSR count). The van der Waals surface area contributed by atoms with Crippen LogP contribution in [-0.4, -0.2) is 44.4 Å². The molecule has 0 aliphatic rings. The molecule has 2 aromatic carbocycles. The number of carbonyl (C=O) groups excluding carboxylic acids is 2. The fraction of sp³-hybridized carbons (Fsp3) is 0.263. The van der Waals surface area contributed by atoms with E-state index in [1.54, 1.807) is 26.0 Å². The molecule has 0 aliphatic carbocycles. The molecule has 0 spiro atoms. The average molecular weight is 460 g/mol. The summed E-state index contributed by atoms with van der Waals surface area (Å²) in [4.78, 5) is 24.4. The van der Waals surface area contributed by atoms with Gasteiger partial charge >= 0.3 is 5.97 Å². The number of hydrogen-bond acceptors (Lipinski definition) is 6. The number of amides is 1. The quantitative estimate of drug-likeness (QED) is 0.561. The number of carbonyl (C=O) groups is 2. The predicted molar refractivity (Wildman–Crippen MR) is 109 cm³/mol. The van der Waals surface area contributed by atoms with Crippen LogP contribution in [0.5, 0.6) is 5.75 Å². The summed E-state index contributed by atoms with van der Waals surface area (Å²) in [6.07, 6.45) is 0. The van der Waals surface area contributed by atoms with Gasteiger partial charge in [-0.1, -0.05) is 40.9 Å². The summed E-state index contributed by atoms with van der Waals surface area (Å²) < 4.78 is 36.4. The predicted octanol–water partition coefficient (Wildman–Crippen LogP) is 3.46. The molecular formula is C19H19Cl2NO6S. The maximum Gasteiger partial charge on any atom is 0.326 e. The minimum atomic E-state index is -4.30. The van der Waals surface area contributed by atoms with Crippen LogP contribution in [0.3, 0.4) is 0 Å². The van der Waals surface area contributed by atoms with E-state index in [2.05, 4.69) is 0 Å². The van der Waals surface area contributed by atoms with E-state index in [1.165, 1.54) is 30.3 Å². The van der Waals surface area contributed by atoms with Gasteiger partial charge in [-0.05, 0) is 44.2 Å². The van der Waals surface area contributed by atoms with E-state index < -0.39 is 35.1 Å². The summed E-state index contributed by atoms with van der Waals surface area (Å²) >= 11 is 11.8. The summed E-state index contributed by atoms with van der Waals surface area (Å²) in [6, 6.07) is 10.2. The molecule has 0 fully saturated rings. The first-order valence-electron chi connectivity index (χ1n) is 8.50. The maximum absolute atomic E-state index is 12.9. The summed E-state index contributed by atoms with van der Waals surface area (Å²) in [5.74, 6) is -1.63. The second-order valence-corrected chi connectivity index (χ2v) is 8.65. The van der Waals surface area contributed by atoms with Crippen LogP contribution in [0.15, 0.2) is 47.4 Å². The van der Waals surface area contributed by atoms with E-state index in [4.69, 9.17) is 32.7 Å². The Morgan fingerprint density at radius 3 is 2.17 bits per heavy atom. The first-order chi connectivity index (χ1) is 13.6. The maximum atomic E-state index is 12.9. The SMILES string of the molecule is CCOC(=O)CN(C(=O)COc1cc(Cl)cc(Cl)c1)S(=O)(=O)c1ccc(C)cc1. The largest absolute Gasteiger partial charge is 0.484 e. The molecule has 29 heavy (non-hydrogen) atoms. The number of rotatable bonds is 8. The number of nitrogens with zero attached hydrogens (tertiary/aromatic N) is 1. The molecule has 1 amide bonds. The summed E-state index contributed by atoms with van der Waals surface area (Å²) in [5.41, 5.74) is 0.841. The Morgan fingerprint density at radius 1 is 1.03 bits per heavy atom. The van der Waals surface area contributed by atoms with E-state index in [1.807, 2.05) is 0 Å². The van der Waals surface area contributed by atoms with Crippen molar-refractivity contribution < 1.29 is 27.5 Å². The van der Waals surface area contributed by atoms with Gasteiger partial charge in [0.1, 0.15) is 12.3 Å². The zero-order chi connectivity index (χ0) is 21.6. The molecular weight excluding hydrogens is 441 g/mol. The normalized spacial score (nSPS) is 11.0. The molecule has 0 atom stereocenters. The van der Waals surface area contributed by atoms with Crippen molar-refractivity contribution in [3.05, 3.63) is 58.1 Å². The number of hydrogen-bond donors (Lipinski definition) is 0. The second kappa shape index (κ2) is 9.96. The second-order valence-electron chi connectivity index (χ2n) is 5.92. The van der Waals surface area contributed by atoms with Crippen molar-refractivity contribution in [3.63, 3.8) is 0 Å². The Labute approximate surface area is 179 Å². The lowest BCUT2D eigenvalue weighted by Gasteiger charge is -2.22. The van der Waals surface area contributed by atoms with Crippen molar-refractivity contribution in [2.24, 2.45) is 0 Å². The molecule has 0 N–H and O–H groups in total. The number of benzene rings is 2. The van der Waals surface area contributed by atoms with Gasteiger partial charge in [-0.15, -0.1) is 0 Å². The highest BCUT2D eigenvalue weighted by Crippen LogP contribution is 2.24. The van der Waals surface area contributed by atoms with E-state index in [0.29, 0.717) is 4.31 Å². The fourth-order valence-electron chi connectivity index (χ4n) is 2.30. The van der Waals surface area contributed by atoms with Crippen LogP contribution >= 0.6 is 23.2 Å². The lowest BCUT2D eigenvalue weighted by molar-refractivity contribution is -0.146. The Bertz CT molecular complexity index is 972. The molecule has 0 saturated carbocycles. The Kier molecular flexibility index (Phi) is 7.89. The van der Waals surface area contributed by atoms with Crippen LogP contribution in [0.2, 0.25) is 10.0 Å². The average Bonchev–Trinajstić information content (AvgIpc) is 2.64. The molecule has 0 bridgehead atoms. The van der Waals surface area contributed by atoms with Gasteiger partial charge in [-0.3, -0.25) is 9.59 Å². The number of ether oxygens (including phenoxy) is 2. The zero-order valence-electron chi connectivity index (χ0n) is 15.7. The van der Waals surface area contributed by atoms with Crippen LogP contribution < -0.4 is 4.74 Å². The molecule has 156 valence electrons. The molecule has 2 aromatic rings. The summed E-state index contributed by atoms with van der Waals surface area (Å²) in [7, 11) is -4.30. The molecule has 0 heterocycles. The van der Waals surface area contributed by atoms with Crippen LogP contribution in [-0.2, 0) is 24.3 Å². The van der Waals surface area contributed by atoms with E-state index in [0.717, 1.165) is 5.56 Å². The van der Waals surface area contributed by atoms with Crippen molar-refractivity contribution in [2.45, 2.75) is 18.7 Å². The van der Waals surface area contributed by atoms with Gasteiger partial charge in [-0.25, -0.2) is 12.7 Å². The van der Waals surface area contributed by atoms with Crippen molar-refractivity contribution in [2.75, 3.05) is 19.8 Å². The van der Waals surface area contributed by atoms with Gasteiger partial charge in [0.15, 0.2) is 6.61 Å². The van der Waals surface area contributed by atoms with Gasteiger partial charge in [0.2, 0.25) is 0 Å². The van der Waals surface area contributed by atoms with Gasteiger partial charge < -0.3 is 9.47 Å². The Hall–Kier alpha value is -2.29. The molecule has 0 unspecified atom stereocenters. The standard InChI is InChI=1S/C19H19Cl2NO6S/c1-3-27-19(24)11-22(29(25,26)17-6-4-13(2)5-7-17)18(23)12-28-16-9-14(20)8-15(21)10-16/h4-10H,3,11-12H2,1-2H3. The van der Waals surface area contributed by atoms with Crippen LogP contribution in [0, 0.1) is 6.92 Å². The monoisotopic (exact) mass is 459 g/mol. The van der Waals surface area contributed by atoms with Gasteiger partial charge in [0.25, 0.3) is 15.9 Å². The minimum absolute atomic E-state index is 0.0446. The van der Waals surface area contributed by atoms with Crippen molar-refractivity contribution >= 4 is 45.1 Å². The lowest BCUT2D eigenvalue weighted by atomic mass is 10.2. The summed E-state index contributed by atoms with van der Waals surface area (Å²) in [6.45, 7) is 1.99. The van der Waals surface area contributed by atoms with Crippen molar-refractivity contribution in [1.29, 1.82) is 0 Å². The molecule has 10 heteroatoms. The highest BCUT2D eigenvalue weighted by atomic mass is 35.5. The molecule has 0 saturated heterocycles. The van der Waals surface area contributed by atoms with Crippen LogP contribution in [0.4, 0.5) is 0 Å². The zero-order valence-corrected chi connectivity index (χ0v) is 18.1. The third-order valence-electron chi connectivity index (χ3n) is 3.66. The van der Waals surface area contributed by atoms with Crippen LogP contribution in [0.25, 0.3) is 0 Å². The topological polar surface area (TPSA) is 90.0 Å². The molecule has 0 aliphatic heterocycles. The van der Waals surface area contributed by atoms with Gasteiger partial charge in [-0.2, -0.15) is 0 Å². The van der Waals surface area contributed by atoms with E-state index >= 15 is 0 Å². The van der Waals surface area contributed by atoms with Crippen LogP contribution in [0.1, 0.15) is 12.5 Å². The third-order valence-corrected chi connectivity index (χ3v) is 5.88. The molecule has 0 aromatic heterocycles. The number of aryl methyl sites for hydroxylation is 1. The number of esters is 1. The number of halogens is 2. The summed E-state index contributed by atoms with van der Waals surface area (Å²) in [5, 5.41) is 0.575.